The molecule has 0 fully saturated rings. The van der Waals surface area contributed by atoms with Crippen LogP contribution in [0.25, 0.3) is 0 Å². The number of pyridine rings is 1. The van der Waals surface area contributed by atoms with Crippen molar-refractivity contribution in [3.8, 4) is 0 Å². The molecule has 0 aliphatic rings. The van der Waals surface area contributed by atoms with Gasteiger partial charge in [0, 0.05) is 17.7 Å². The molecule has 1 aromatic heterocycles. The first-order valence-corrected chi connectivity index (χ1v) is 5.15. The lowest BCUT2D eigenvalue weighted by Crippen LogP contribution is -1.81. The van der Waals surface area contributed by atoms with Crippen LogP contribution in [-0.4, -0.2) is 10.3 Å². The number of hydrogen-bond donors (Lipinski definition) is 0. The highest BCUT2D eigenvalue weighted by Gasteiger charge is 1.85. The summed E-state index contributed by atoms with van der Waals surface area (Å²) < 4.78 is 0. The molecule has 2 heteroatoms. The van der Waals surface area contributed by atoms with Gasteiger partial charge >= 0.3 is 0 Å². The number of hydrogen-bond acceptors (Lipinski definition) is 1. The molecule has 0 saturated carbocycles. The molecule has 0 aliphatic carbocycles. The Morgan fingerprint density at radius 3 is 3.00 bits per heavy atom. The van der Waals surface area contributed by atoms with Crippen molar-refractivity contribution >= 4 is 15.9 Å². The zero-order chi connectivity index (χ0) is 8.65. The summed E-state index contributed by atoms with van der Waals surface area (Å²) in [6, 6.07) is 4.05. The number of alkyl halides is 1. The highest BCUT2D eigenvalue weighted by molar-refractivity contribution is 9.09. The standard InChI is InChI=1S/C10H12BrN/c11-7-3-1-2-5-10-6-4-8-12-9-10/h1-2,4,6,8-9H,3,5,7H2/b2-1+. The lowest BCUT2D eigenvalue weighted by Gasteiger charge is -1.92. The van der Waals surface area contributed by atoms with Gasteiger partial charge in [0.05, 0.1) is 0 Å². The summed E-state index contributed by atoms with van der Waals surface area (Å²) in [7, 11) is 0. The van der Waals surface area contributed by atoms with E-state index in [-0.39, 0.29) is 0 Å². The zero-order valence-corrected chi connectivity index (χ0v) is 8.50. The van der Waals surface area contributed by atoms with Crippen LogP contribution in [-0.2, 0) is 6.42 Å². The molecule has 1 heterocycles. The van der Waals surface area contributed by atoms with Crippen molar-refractivity contribution in [1.29, 1.82) is 0 Å². The highest BCUT2D eigenvalue weighted by Crippen LogP contribution is 1.98. The van der Waals surface area contributed by atoms with E-state index in [0.29, 0.717) is 0 Å². The van der Waals surface area contributed by atoms with Crippen molar-refractivity contribution in [3.05, 3.63) is 42.2 Å². The average molecular weight is 226 g/mol. The Morgan fingerprint density at radius 1 is 1.42 bits per heavy atom. The van der Waals surface area contributed by atoms with Gasteiger partial charge in [0.1, 0.15) is 0 Å². The minimum Gasteiger partial charge on any atom is -0.264 e. The fourth-order valence-electron chi connectivity index (χ4n) is 0.919. The summed E-state index contributed by atoms with van der Waals surface area (Å²) in [5.74, 6) is 0. The van der Waals surface area contributed by atoms with Crippen molar-refractivity contribution in [1.82, 2.24) is 4.98 Å². The molecule has 1 nitrogen and oxygen atoms in total. The van der Waals surface area contributed by atoms with Crippen LogP contribution >= 0.6 is 15.9 Å². The SMILES string of the molecule is BrCC/C=C/Cc1cccnc1. The van der Waals surface area contributed by atoms with Crippen molar-refractivity contribution in [3.63, 3.8) is 0 Å². The third-order valence-electron chi connectivity index (χ3n) is 1.52. The minimum atomic E-state index is 0.987. The number of aromatic nitrogens is 1. The van der Waals surface area contributed by atoms with E-state index < -0.39 is 0 Å². The summed E-state index contributed by atoms with van der Waals surface area (Å²) in [5, 5.41) is 1.04. The molecule has 0 atom stereocenters. The second-order valence-electron chi connectivity index (χ2n) is 2.51. The molecule has 0 bridgehead atoms. The lowest BCUT2D eigenvalue weighted by molar-refractivity contribution is 1.16. The fraction of sp³-hybridized carbons (Fsp3) is 0.300. The van der Waals surface area contributed by atoms with Crippen LogP contribution in [0.3, 0.4) is 0 Å². The van der Waals surface area contributed by atoms with E-state index in [1.807, 2.05) is 12.3 Å². The van der Waals surface area contributed by atoms with E-state index in [0.717, 1.165) is 18.2 Å². The van der Waals surface area contributed by atoms with E-state index in [1.54, 1.807) is 6.20 Å². The number of nitrogens with zero attached hydrogens (tertiary/aromatic N) is 1. The van der Waals surface area contributed by atoms with Gasteiger partial charge in [-0.1, -0.05) is 34.1 Å². The summed E-state index contributed by atoms with van der Waals surface area (Å²) in [5.41, 5.74) is 1.27. The van der Waals surface area contributed by atoms with E-state index in [4.69, 9.17) is 0 Å². The first-order chi connectivity index (χ1) is 5.93. The van der Waals surface area contributed by atoms with Crippen LogP contribution in [0, 0.1) is 0 Å². The summed E-state index contributed by atoms with van der Waals surface area (Å²) in [4.78, 5) is 4.04. The maximum absolute atomic E-state index is 4.04. The van der Waals surface area contributed by atoms with Gasteiger partial charge < -0.3 is 0 Å². The molecule has 0 spiro atoms. The average Bonchev–Trinajstić information content (AvgIpc) is 2.14. The minimum absolute atomic E-state index is 0.987. The Kier molecular flexibility index (Phi) is 4.69. The molecule has 0 saturated heterocycles. The molecular formula is C10H12BrN. The smallest absolute Gasteiger partial charge is 0.0303 e. The third-order valence-corrected chi connectivity index (χ3v) is 1.98. The molecular weight excluding hydrogens is 214 g/mol. The summed E-state index contributed by atoms with van der Waals surface area (Å²) in [6.45, 7) is 0. The molecule has 1 rings (SSSR count). The van der Waals surface area contributed by atoms with Gasteiger partial charge in [-0.05, 0) is 24.5 Å². The van der Waals surface area contributed by atoms with Gasteiger partial charge in [-0.2, -0.15) is 0 Å². The Labute approximate surface area is 81.7 Å². The number of allylic oxidation sites excluding steroid dienone is 2. The molecule has 0 unspecified atom stereocenters. The number of halogens is 1. The largest absolute Gasteiger partial charge is 0.264 e. The molecule has 1 aromatic rings. The normalized spacial score (nSPS) is 10.8. The Morgan fingerprint density at radius 2 is 2.33 bits per heavy atom. The maximum atomic E-state index is 4.04. The summed E-state index contributed by atoms with van der Waals surface area (Å²) in [6.07, 6.45) is 10.1. The Hall–Kier alpha value is -0.630. The molecule has 0 aliphatic heterocycles. The third kappa shape index (κ3) is 3.67. The van der Waals surface area contributed by atoms with Crippen molar-refractivity contribution < 1.29 is 0 Å². The lowest BCUT2D eigenvalue weighted by atomic mass is 10.2. The zero-order valence-electron chi connectivity index (χ0n) is 6.91. The molecule has 0 radical (unpaired) electrons. The maximum Gasteiger partial charge on any atom is 0.0303 e. The van der Waals surface area contributed by atoms with E-state index in [1.165, 1.54) is 5.56 Å². The molecule has 64 valence electrons. The van der Waals surface area contributed by atoms with Crippen molar-refractivity contribution in [2.75, 3.05) is 5.33 Å². The molecule has 0 N–H and O–H groups in total. The fourth-order valence-corrected chi connectivity index (χ4v) is 1.18. The van der Waals surface area contributed by atoms with Gasteiger partial charge in [-0.3, -0.25) is 4.98 Å². The van der Waals surface area contributed by atoms with Gasteiger partial charge in [0.25, 0.3) is 0 Å². The second kappa shape index (κ2) is 5.95. The Balaban J connectivity index is 2.33. The predicted octanol–water partition coefficient (Wildman–Crippen LogP) is 2.97. The van der Waals surface area contributed by atoms with Crippen LogP contribution in [0.2, 0.25) is 0 Å². The van der Waals surface area contributed by atoms with Crippen LogP contribution < -0.4 is 0 Å². The number of rotatable bonds is 4. The first kappa shape index (κ1) is 9.46. The van der Waals surface area contributed by atoms with Crippen molar-refractivity contribution in [2.45, 2.75) is 12.8 Å². The van der Waals surface area contributed by atoms with Crippen molar-refractivity contribution in [2.24, 2.45) is 0 Å². The van der Waals surface area contributed by atoms with Crippen LogP contribution in [0.4, 0.5) is 0 Å². The molecule has 0 aromatic carbocycles. The predicted molar refractivity (Wildman–Crippen MR) is 55.5 cm³/mol. The van der Waals surface area contributed by atoms with E-state index in [2.05, 4.69) is 39.1 Å². The topological polar surface area (TPSA) is 12.9 Å². The van der Waals surface area contributed by atoms with Gasteiger partial charge in [0.2, 0.25) is 0 Å². The highest BCUT2D eigenvalue weighted by atomic mass is 79.9. The van der Waals surface area contributed by atoms with Crippen LogP contribution in [0.5, 0.6) is 0 Å². The van der Waals surface area contributed by atoms with Crippen LogP contribution in [0.15, 0.2) is 36.7 Å². The van der Waals surface area contributed by atoms with E-state index >= 15 is 0 Å². The molecule has 0 amide bonds. The quantitative estimate of drug-likeness (QED) is 0.568. The second-order valence-corrected chi connectivity index (χ2v) is 3.31. The first-order valence-electron chi connectivity index (χ1n) is 4.03. The van der Waals surface area contributed by atoms with E-state index in [9.17, 15) is 0 Å². The van der Waals surface area contributed by atoms with Gasteiger partial charge in [-0.15, -0.1) is 0 Å². The monoisotopic (exact) mass is 225 g/mol. The Bertz CT molecular complexity index is 231. The van der Waals surface area contributed by atoms with Crippen LogP contribution in [0.1, 0.15) is 12.0 Å². The molecule has 12 heavy (non-hydrogen) atoms. The van der Waals surface area contributed by atoms with Gasteiger partial charge in [0.15, 0.2) is 0 Å². The van der Waals surface area contributed by atoms with Gasteiger partial charge in [-0.25, -0.2) is 0 Å². The summed E-state index contributed by atoms with van der Waals surface area (Å²) >= 11 is 3.37.